The van der Waals surface area contributed by atoms with Crippen LogP contribution in [-0.2, 0) is 14.8 Å². The molecule has 1 aliphatic heterocycles. The molecular weight excluding hydrogens is 280 g/mol. The summed E-state index contributed by atoms with van der Waals surface area (Å²) in [5.74, 6) is 0.106. The fourth-order valence-corrected chi connectivity index (χ4v) is 3.36. The number of hydrogen-bond donors (Lipinski definition) is 0. The van der Waals surface area contributed by atoms with Crippen LogP contribution in [0.2, 0.25) is 0 Å². The van der Waals surface area contributed by atoms with E-state index in [4.69, 9.17) is 10.00 Å². The molecule has 1 saturated heterocycles. The number of nitrogens with zero attached hydrogens (tertiary/aromatic N) is 2. The molecule has 1 aliphatic rings. The van der Waals surface area contributed by atoms with Crippen molar-refractivity contribution in [1.82, 2.24) is 4.31 Å². The largest absolute Gasteiger partial charge is 0.492 e. The number of carbonyl (C=O) groups is 1. The summed E-state index contributed by atoms with van der Waals surface area (Å²) in [6.45, 7) is 2.85. The first-order valence-electron chi connectivity index (χ1n) is 6.00. The molecular formula is C13H14N2O4S. The minimum atomic E-state index is -3.55. The highest BCUT2D eigenvalue weighted by Gasteiger charge is 2.59. The van der Waals surface area contributed by atoms with Gasteiger partial charge in [0.15, 0.2) is 4.75 Å². The molecule has 1 aromatic rings. The number of carbonyl (C=O) groups excluding carboxylic acids is 1. The lowest BCUT2D eigenvalue weighted by atomic mass is 10.2. The number of nitriles is 1. The van der Waals surface area contributed by atoms with Gasteiger partial charge in [-0.3, -0.25) is 4.79 Å². The van der Waals surface area contributed by atoms with Crippen LogP contribution in [-0.4, -0.2) is 36.5 Å². The van der Waals surface area contributed by atoms with E-state index in [1.54, 1.807) is 24.3 Å². The molecule has 6 nitrogen and oxygen atoms in total. The minimum absolute atomic E-state index is 0.00933. The van der Waals surface area contributed by atoms with Crippen molar-refractivity contribution in [3.63, 3.8) is 0 Å². The fourth-order valence-electron chi connectivity index (χ4n) is 1.85. The number of amides is 1. The van der Waals surface area contributed by atoms with Crippen LogP contribution in [0.25, 0.3) is 0 Å². The zero-order valence-corrected chi connectivity index (χ0v) is 12.0. The molecule has 106 valence electrons. The van der Waals surface area contributed by atoms with Crippen LogP contribution >= 0.6 is 0 Å². The predicted octanol–water partition coefficient (Wildman–Crippen LogP) is 0.888. The molecule has 0 atom stereocenters. The van der Waals surface area contributed by atoms with Gasteiger partial charge in [-0.2, -0.15) is 5.26 Å². The summed E-state index contributed by atoms with van der Waals surface area (Å²) in [5, 5.41) is 8.65. The maximum absolute atomic E-state index is 11.8. The lowest BCUT2D eigenvalue weighted by Crippen LogP contribution is -2.67. The highest BCUT2D eigenvalue weighted by molar-refractivity contribution is 7.94. The molecule has 0 aromatic heterocycles. The monoisotopic (exact) mass is 294 g/mol. The molecule has 0 bridgehead atoms. The molecule has 0 unspecified atom stereocenters. The van der Waals surface area contributed by atoms with Crippen molar-refractivity contribution in [2.75, 3.05) is 13.2 Å². The first-order chi connectivity index (χ1) is 9.30. The van der Waals surface area contributed by atoms with Gasteiger partial charge in [-0.05, 0) is 38.1 Å². The van der Waals surface area contributed by atoms with Gasteiger partial charge >= 0.3 is 0 Å². The fraction of sp³-hybridized carbons (Fsp3) is 0.385. The van der Waals surface area contributed by atoms with Gasteiger partial charge in [0, 0.05) is 0 Å². The molecule has 1 amide bonds. The van der Waals surface area contributed by atoms with Gasteiger partial charge in [-0.25, -0.2) is 12.7 Å². The third-order valence-electron chi connectivity index (χ3n) is 3.22. The molecule has 7 heteroatoms. The Kier molecular flexibility index (Phi) is 3.44. The van der Waals surface area contributed by atoms with Gasteiger partial charge in [0.1, 0.15) is 12.4 Å². The molecule has 20 heavy (non-hydrogen) atoms. The van der Waals surface area contributed by atoms with E-state index in [2.05, 4.69) is 0 Å². The molecule has 1 heterocycles. The van der Waals surface area contributed by atoms with E-state index in [-0.39, 0.29) is 13.2 Å². The molecule has 1 aromatic carbocycles. The minimum Gasteiger partial charge on any atom is -0.492 e. The molecule has 0 saturated carbocycles. The summed E-state index contributed by atoms with van der Waals surface area (Å²) in [4.78, 5) is 11.7. The number of benzene rings is 1. The van der Waals surface area contributed by atoms with Gasteiger partial charge in [-0.15, -0.1) is 0 Å². The molecule has 2 rings (SSSR count). The Morgan fingerprint density at radius 3 is 2.40 bits per heavy atom. The van der Waals surface area contributed by atoms with Crippen molar-refractivity contribution in [3.05, 3.63) is 29.8 Å². The zero-order chi connectivity index (χ0) is 15.0. The lowest BCUT2D eigenvalue weighted by molar-refractivity contribution is -0.132. The molecule has 0 N–H and O–H groups in total. The van der Waals surface area contributed by atoms with Crippen LogP contribution in [0.5, 0.6) is 5.75 Å². The maximum Gasteiger partial charge on any atom is 0.259 e. The van der Waals surface area contributed by atoms with Crippen molar-refractivity contribution in [2.24, 2.45) is 0 Å². The Bertz CT molecular complexity index is 671. The van der Waals surface area contributed by atoms with Gasteiger partial charge in [0.2, 0.25) is 0 Å². The summed E-state index contributed by atoms with van der Waals surface area (Å²) in [6, 6.07) is 8.43. The molecule has 0 spiro atoms. The quantitative estimate of drug-likeness (QED) is 0.823. The lowest BCUT2D eigenvalue weighted by Gasteiger charge is -2.42. The Balaban J connectivity index is 1.91. The van der Waals surface area contributed by atoms with E-state index in [1.165, 1.54) is 13.8 Å². The first-order valence-corrected chi connectivity index (χ1v) is 7.44. The van der Waals surface area contributed by atoms with Gasteiger partial charge < -0.3 is 4.74 Å². The molecule has 0 aliphatic carbocycles. The van der Waals surface area contributed by atoms with E-state index in [9.17, 15) is 13.2 Å². The Hall–Kier alpha value is -2.07. The number of rotatable bonds is 4. The van der Waals surface area contributed by atoms with E-state index in [1.807, 2.05) is 6.07 Å². The second kappa shape index (κ2) is 4.80. The third kappa shape index (κ3) is 2.12. The number of sulfonamides is 1. The number of ether oxygens (including phenoxy) is 1. The standard InChI is InChI=1S/C13H14N2O4S/c1-13(2)12(16)15(20(13,17)18)7-8-19-11-5-3-10(9-14)4-6-11/h3-6H,7-8H2,1-2H3. The van der Waals surface area contributed by atoms with Gasteiger partial charge in [0.25, 0.3) is 15.9 Å². The van der Waals surface area contributed by atoms with Crippen molar-refractivity contribution in [3.8, 4) is 11.8 Å². The topological polar surface area (TPSA) is 87.5 Å². The summed E-state index contributed by atoms with van der Waals surface area (Å²) >= 11 is 0. The summed E-state index contributed by atoms with van der Waals surface area (Å²) in [6.07, 6.45) is 0. The van der Waals surface area contributed by atoms with Crippen LogP contribution in [0.15, 0.2) is 24.3 Å². The second-order valence-corrected chi connectivity index (χ2v) is 7.29. The smallest absolute Gasteiger partial charge is 0.259 e. The third-order valence-corrected chi connectivity index (χ3v) is 5.62. The van der Waals surface area contributed by atoms with Crippen LogP contribution in [0.4, 0.5) is 0 Å². The summed E-state index contributed by atoms with van der Waals surface area (Å²) in [7, 11) is -3.55. The van der Waals surface area contributed by atoms with Crippen molar-refractivity contribution >= 4 is 15.9 Å². The van der Waals surface area contributed by atoms with Crippen molar-refractivity contribution < 1.29 is 17.9 Å². The van der Waals surface area contributed by atoms with Crippen molar-refractivity contribution in [2.45, 2.75) is 18.6 Å². The van der Waals surface area contributed by atoms with E-state index in [0.29, 0.717) is 11.3 Å². The van der Waals surface area contributed by atoms with Crippen molar-refractivity contribution in [1.29, 1.82) is 5.26 Å². The average molecular weight is 294 g/mol. The van der Waals surface area contributed by atoms with Gasteiger partial charge in [0.05, 0.1) is 18.2 Å². The van der Waals surface area contributed by atoms with Crippen LogP contribution in [0.3, 0.4) is 0 Å². The number of hydrogen-bond acceptors (Lipinski definition) is 5. The molecule has 0 radical (unpaired) electrons. The SMILES string of the molecule is CC1(C)C(=O)N(CCOc2ccc(C#N)cc2)S1(=O)=O. The zero-order valence-electron chi connectivity index (χ0n) is 11.2. The van der Waals surface area contributed by atoms with E-state index in [0.717, 1.165) is 4.31 Å². The highest BCUT2D eigenvalue weighted by Crippen LogP contribution is 2.34. The Labute approximate surface area is 117 Å². The van der Waals surface area contributed by atoms with E-state index < -0.39 is 20.7 Å². The maximum atomic E-state index is 11.8. The van der Waals surface area contributed by atoms with Crippen LogP contribution in [0, 0.1) is 11.3 Å². The highest BCUT2D eigenvalue weighted by atomic mass is 32.2. The van der Waals surface area contributed by atoms with Gasteiger partial charge in [-0.1, -0.05) is 0 Å². The summed E-state index contributed by atoms with van der Waals surface area (Å²) < 4.78 is 28.5. The average Bonchev–Trinajstić information content (AvgIpc) is 2.43. The normalized spacial score (nSPS) is 19.1. The first kappa shape index (κ1) is 14.3. The van der Waals surface area contributed by atoms with Crippen LogP contribution in [0.1, 0.15) is 19.4 Å². The van der Waals surface area contributed by atoms with Crippen LogP contribution < -0.4 is 4.74 Å². The second-order valence-electron chi connectivity index (χ2n) is 4.88. The summed E-state index contributed by atoms with van der Waals surface area (Å²) in [5.41, 5.74) is 0.514. The Morgan fingerprint density at radius 1 is 1.30 bits per heavy atom. The predicted molar refractivity (Wildman–Crippen MR) is 71.4 cm³/mol. The Morgan fingerprint density at radius 2 is 1.90 bits per heavy atom. The molecule has 1 fully saturated rings. The van der Waals surface area contributed by atoms with E-state index >= 15 is 0 Å².